The molecule has 0 saturated heterocycles. The van der Waals surface area contributed by atoms with Crippen LogP contribution in [0.3, 0.4) is 0 Å². The molecule has 0 aromatic heterocycles. The fraction of sp³-hybridized carbons (Fsp3) is 1.00. The van der Waals surface area contributed by atoms with Gasteiger partial charge in [0, 0.05) is 5.75 Å². The molecule has 1 N–H and O–H groups in total. The molecular formula is C12H24O2S. The number of unbranched alkanes of at least 4 members (excludes halogenated alkanes) is 2. The van der Waals surface area contributed by atoms with Gasteiger partial charge in [-0.05, 0) is 12.3 Å². The molecule has 1 aliphatic rings. The third kappa shape index (κ3) is 7.07. The Hall–Kier alpha value is 0.110. The van der Waals surface area contributed by atoms with Gasteiger partial charge < -0.3 is 4.55 Å². The molecule has 0 radical (unpaired) electrons. The van der Waals surface area contributed by atoms with E-state index in [2.05, 4.69) is 0 Å². The summed E-state index contributed by atoms with van der Waals surface area (Å²) in [7, 11) is 0. The Balaban J connectivity index is 1.96. The van der Waals surface area contributed by atoms with Gasteiger partial charge in [-0.1, -0.05) is 57.8 Å². The third-order valence-corrected chi connectivity index (χ3v) is 4.04. The molecule has 0 bridgehead atoms. The van der Waals surface area contributed by atoms with E-state index in [1.165, 1.54) is 51.4 Å². The number of hydrogen-bond acceptors (Lipinski definition) is 1. The van der Waals surface area contributed by atoms with Crippen LogP contribution in [0.5, 0.6) is 0 Å². The summed E-state index contributed by atoms with van der Waals surface area (Å²) in [6, 6.07) is 0. The summed E-state index contributed by atoms with van der Waals surface area (Å²) in [4.78, 5) is 0. The molecule has 0 spiro atoms. The van der Waals surface area contributed by atoms with Crippen molar-refractivity contribution in [3.8, 4) is 0 Å². The second-order valence-corrected chi connectivity index (χ2v) is 5.78. The Labute approximate surface area is 96.1 Å². The van der Waals surface area contributed by atoms with Crippen molar-refractivity contribution in [3.63, 3.8) is 0 Å². The van der Waals surface area contributed by atoms with E-state index in [0.717, 1.165) is 18.8 Å². The van der Waals surface area contributed by atoms with Crippen molar-refractivity contribution >= 4 is 11.1 Å². The van der Waals surface area contributed by atoms with Crippen LogP contribution in [0.1, 0.15) is 64.2 Å². The van der Waals surface area contributed by atoms with Gasteiger partial charge in [-0.2, -0.15) is 0 Å². The maximum atomic E-state index is 10.4. The van der Waals surface area contributed by atoms with Crippen LogP contribution in [0.4, 0.5) is 0 Å². The van der Waals surface area contributed by atoms with E-state index in [-0.39, 0.29) is 0 Å². The van der Waals surface area contributed by atoms with Gasteiger partial charge in [0.15, 0.2) is 11.1 Å². The molecule has 0 amide bonds. The first-order valence-corrected chi connectivity index (χ1v) is 7.64. The molecule has 90 valence electrons. The molecule has 1 unspecified atom stereocenters. The number of hydrogen-bond donors (Lipinski definition) is 1. The van der Waals surface area contributed by atoms with Crippen molar-refractivity contribution in [2.45, 2.75) is 64.2 Å². The lowest BCUT2D eigenvalue weighted by molar-refractivity contribution is 0.409. The van der Waals surface area contributed by atoms with E-state index in [9.17, 15) is 4.21 Å². The Morgan fingerprint density at radius 1 is 1.00 bits per heavy atom. The molecule has 0 aromatic rings. The molecule has 1 fully saturated rings. The van der Waals surface area contributed by atoms with E-state index in [4.69, 9.17) is 4.55 Å². The third-order valence-electron chi connectivity index (χ3n) is 3.41. The molecule has 1 rings (SSSR count). The minimum Gasteiger partial charge on any atom is -0.306 e. The molecule has 1 saturated carbocycles. The summed E-state index contributed by atoms with van der Waals surface area (Å²) in [5.41, 5.74) is 0. The molecule has 1 aliphatic carbocycles. The Kier molecular flexibility index (Phi) is 7.28. The topological polar surface area (TPSA) is 37.3 Å². The number of rotatable bonds is 6. The molecule has 15 heavy (non-hydrogen) atoms. The van der Waals surface area contributed by atoms with E-state index < -0.39 is 11.1 Å². The maximum Gasteiger partial charge on any atom is 0.152 e. The lowest BCUT2D eigenvalue weighted by Crippen LogP contribution is -1.99. The summed E-state index contributed by atoms with van der Waals surface area (Å²) in [5.74, 6) is 1.41. The van der Waals surface area contributed by atoms with Crippen LogP contribution in [0.25, 0.3) is 0 Å². The van der Waals surface area contributed by atoms with Gasteiger partial charge in [0.2, 0.25) is 0 Å². The molecule has 0 aromatic carbocycles. The van der Waals surface area contributed by atoms with Gasteiger partial charge in [0.05, 0.1) is 0 Å². The van der Waals surface area contributed by atoms with Crippen LogP contribution >= 0.6 is 0 Å². The van der Waals surface area contributed by atoms with Crippen molar-refractivity contribution < 1.29 is 8.76 Å². The van der Waals surface area contributed by atoms with Crippen molar-refractivity contribution in [3.05, 3.63) is 0 Å². The molecule has 1 atom stereocenters. The van der Waals surface area contributed by atoms with Crippen LogP contribution in [0.15, 0.2) is 0 Å². The largest absolute Gasteiger partial charge is 0.306 e. The molecule has 0 aliphatic heterocycles. The maximum absolute atomic E-state index is 10.4. The molecule has 2 nitrogen and oxygen atoms in total. The van der Waals surface area contributed by atoms with E-state index in [1.807, 2.05) is 0 Å². The van der Waals surface area contributed by atoms with Crippen LogP contribution in [0.2, 0.25) is 0 Å². The highest BCUT2D eigenvalue weighted by atomic mass is 32.2. The van der Waals surface area contributed by atoms with Gasteiger partial charge in [-0.3, -0.25) is 0 Å². The molecular weight excluding hydrogens is 208 g/mol. The molecule has 3 heteroatoms. The Bertz CT molecular complexity index is 174. The zero-order chi connectivity index (χ0) is 10.9. The normalized spacial score (nSPS) is 21.1. The van der Waals surface area contributed by atoms with Crippen LogP contribution in [-0.2, 0) is 11.1 Å². The average Bonchev–Trinajstić information content (AvgIpc) is 2.45. The van der Waals surface area contributed by atoms with Gasteiger partial charge in [0.1, 0.15) is 0 Å². The van der Waals surface area contributed by atoms with E-state index >= 15 is 0 Å². The van der Waals surface area contributed by atoms with Crippen molar-refractivity contribution in [2.75, 3.05) is 5.75 Å². The fourth-order valence-electron chi connectivity index (χ4n) is 2.49. The fourth-order valence-corrected chi connectivity index (χ4v) is 2.94. The summed E-state index contributed by atoms with van der Waals surface area (Å²) >= 11 is -1.58. The summed E-state index contributed by atoms with van der Waals surface area (Å²) in [5, 5.41) is 0. The SMILES string of the molecule is O=S(O)CCCCCC1CCCCCC1. The predicted molar refractivity (Wildman–Crippen MR) is 65.3 cm³/mol. The van der Waals surface area contributed by atoms with Crippen LogP contribution < -0.4 is 0 Å². The Morgan fingerprint density at radius 3 is 2.27 bits per heavy atom. The van der Waals surface area contributed by atoms with Crippen molar-refractivity contribution in [2.24, 2.45) is 5.92 Å². The Morgan fingerprint density at radius 2 is 1.67 bits per heavy atom. The van der Waals surface area contributed by atoms with Crippen molar-refractivity contribution in [1.29, 1.82) is 0 Å². The van der Waals surface area contributed by atoms with Crippen LogP contribution in [-0.4, -0.2) is 14.5 Å². The highest BCUT2D eigenvalue weighted by Gasteiger charge is 2.11. The zero-order valence-electron chi connectivity index (χ0n) is 9.62. The van der Waals surface area contributed by atoms with Gasteiger partial charge in [0.25, 0.3) is 0 Å². The minimum atomic E-state index is -1.58. The van der Waals surface area contributed by atoms with Gasteiger partial charge in [-0.25, -0.2) is 4.21 Å². The summed E-state index contributed by atoms with van der Waals surface area (Å²) in [6.45, 7) is 0. The lowest BCUT2D eigenvalue weighted by atomic mass is 9.94. The van der Waals surface area contributed by atoms with Gasteiger partial charge in [-0.15, -0.1) is 0 Å². The van der Waals surface area contributed by atoms with E-state index in [1.54, 1.807) is 0 Å². The highest BCUT2D eigenvalue weighted by Crippen LogP contribution is 2.26. The summed E-state index contributed by atoms with van der Waals surface area (Å²) in [6.07, 6.45) is 13.2. The highest BCUT2D eigenvalue weighted by molar-refractivity contribution is 7.79. The standard InChI is InChI=1S/C12H24O2S/c13-15(14)11-7-3-6-10-12-8-4-1-2-5-9-12/h12H,1-11H2,(H,13,14). The second kappa shape index (κ2) is 8.28. The first-order valence-electron chi connectivity index (χ1n) is 6.36. The first-order chi connectivity index (χ1) is 7.29. The summed E-state index contributed by atoms with van der Waals surface area (Å²) < 4.78 is 19.0. The first kappa shape index (κ1) is 13.2. The zero-order valence-corrected chi connectivity index (χ0v) is 10.4. The smallest absolute Gasteiger partial charge is 0.152 e. The minimum absolute atomic E-state index is 0.463. The monoisotopic (exact) mass is 232 g/mol. The van der Waals surface area contributed by atoms with Crippen LogP contribution in [0, 0.1) is 5.92 Å². The second-order valence-electron chi connectivity index (χ2n) is 4.73. The quantitative estimate of drug-likeness (QED) is 0.430. The van der Waals surface area contributed by atoms with E-state index in [0.29, 0.717) is 5.75 Å². The van der Waals surface area contributed by atoms with Gasteiger partial charge >= 0.3 is 0 Å². The molecule has 0 heterocycles. The average molecular weight is 232 g/mol. The predicted octanol–water partition coefficient (Wildman–Crippen LogP) is 3.74. The lowest BCUT2D eigenvalue weighted by Gasteiger charge is -2.12. The van der Waals surface area contributed by atoms with Crippen molar-refractivity contribution in [1.82, 2.24) is 0 Å².